The van der Waals surface area contributed by atoms with Gasteiger partial charge in [0.15, 0.2) is 0 Å². The highest BCUT2D eigenvalue weighted by atomic mass is 32.2. The van der Waals surface area contributed by atoms with Crippen LogP contribution in [0.2, 0.25) is 0 Å². The van der Waals surface area contributed by atoms with Crippen LogP contribution in [0, 0.1) is 13.8 Å². The minimum absolute atomic E-state index is 0.0151. The van der Waals surface area contributed by atoms with E-state index in [0.29, 0.717) is 16.8 Å². The van der Waals surface area contributed by atoms with Gasteiger partial charge in [-0.2, -0.15) is 0 Å². The Morgan fingerprint density at radius 3 is 2.43 bits per heavy atom. The van der Waals surface area contributed by atoms with E-state index in [1.54, 1.807) is 36.1 Å². The maximum absolute atomic E-state index is 13.3. The van der Waals surface area contributed by atoms with Crippen molar-refractivity contribution in [2.24, 2.45) is 0 Å². The summed E-state index contributed by atoms with van der Waals surface area (Å²) in [4.78, 5) is 15.2. The van der Waals surface area contributed by atoms with Crippen molar-refractivity contribution >= 4 is 27.3 Å². The number of carbonyl (C=O) groups is 1. The van der Waals surface area contributed by atoms with Gasteiger partial charge in [0, 0.05) is 17.3 Å². The van der Waals surface area contributed by atoms with E-state index in [1.165, 1.54) is 6.07 Å². The number of anilines is 2. The molecule has 3 aromatic rings. The van der Waals surface area contributed by atoms with Crippen LogP contribution in [0.4, 0.5) is 11.4 Å². The van der Waals surface area contributed by atoms with Crippen LogP contribution in [0.15, 0.2) is 71.6 Å². The number of benzene rings is 3. The number of amides is 1. The zero-order valence-electron chi connectivity index (χ0n) is 17.2. The van der Waals surface area contributed by atoms with Crippen LogP contribution in [-0.4, -0.2) is 20.4 Å². The minimum atomic E-state index is -3.84. The zero-order valence-corrected chi connectivity index (χ0v) is 18.0. The van der Waals surface area contributed by atoms with Gasteiger partial charge in [-0.1, -0.05) is 42.5 Å². The van der Waals surface area contributed by atoms with Crippen LogP contribution >= 0.6 is 0 Å². The first-order chi connectivity index (χ1) is 14.3. The van der Waals surface area contributed by atoms with Crippen molar-refractivity contribution in [3.05, 3.63) is 89.0 Å². The Bertz CT molecular complexity index is 1230. The van der Waals surface area contributed by atoms with E-state index in [0.717, 1.165) is 23.2 Å². The summed E-state index contributed by atoms with van der Waals surface area (Å²) in [6.45, 7) is 5.58. The van der Waals surface area contributed by atoms with Crippen LogP contribution in [0.1, 0.15) is 34.0 Å². The molecule has 1 amide bonds. The Morgan fingerprint density at radius 1 is 0.967 bits per heavy atom. The third kappa shape index (κ3) is 3.59. The number of para-hydroxylation sites is 2. The number of sulfonamides is 1. The summed E-state index contributed by atoms with van der Waals surface area (Å²) < 4.78 is 28.8. The van der Waals surface area contributed by atoms with E-state index in [9.17, 15) is 13.2 Å². The smallest absolute Gasteiger partial charge is 0.262 e. The van der Waals surface area contributed by atoms with Crippen LogP contribution in [0.5, 0.6) is 0 Å². The van der Waals surface area contributed by atoms with Gasteiger partial charge in [0.05, 0.1) is 10.6 Å². The van der Waals surface area contributed by atoms with Crippen molar-refractivity contribution in [2.45, 2.75) is 38.1 Å². The van der Waals surface area contributed by atoms with Gasteiger partial charge >= 0.3 is 0 Å². The standard InChI is InChI=1S/C24H24N2O3S/c1-16-8-4-6-10-21(16)25-30(28,29)23-15-20(13-12-17(23)2)24(27)26-18(3)14-19-9-5-7-11-22(19)26/h4-13,15,18,25H,14H2,1-3H3/t18-/m0/s1. The fraction of sp³-hybridized carbons (Fsp3) is 0.208. The summed E-state index contributed by atoms with van der Waals surface area (Å²) in [5.41, 5.74) is 4.30. The minimum Gasteiger partial charge on any atom is -0.305 e. The van der Waals surface area contributed by atoms with E-state index in [2.05, 4.69) is 4.72 Å². The molecule has 0 fully saturated rings. The predicted molar refractivity (Wildman–Crippen MR) is 120 cm³/mol. The molecule has 0 saturated carbocycles. The predicted octanol–water partition coefficient (Wildman–Crippen LogP) is 4.70. The van der Waals surface area contributed by atoms with E-state index < -0.39 is 10.0 Å². The Hall–Kier alpha value is -3.12. The molecule has 3 aromatic carbocycles. The molecule has 1 N–H and O–H groups in total. The molecule has 1 heterocycles. The average molecular weight is 421 g/mol. The molecule has 4 rings (SSSR count). The Labute approximate surface area is 177 Å². The van der Waals surface area contributed by atoms with Gasteiger partial charge in [0.25, 0.3) is 15.9 Å². The molecule has 1 aliphatic rings. The molecular formula is C24H24N2O3S. The van der Waals surface area contributed by atoms with Gasteiger partial charge in [-0.3, -0.25) is 9.52 Å². The van der Waals surface area contributed by atoms with E-state index >= 15 is 0 Å². The fourth-order valence-electron chi connectivity index (χ4n) is 3.92. The number of carbonyl (C=O) groups excluding carboxylic acids is 1. The highest BCUT2D eigenvalue weighted by Gasteiger charge is 2.32. The first-order valence-electron chi connectivity index (χ1n) is 9.88. The molecule has 0 bridgehead atoms. The first-order valence-corrected chi connectivity index (χ1v) is 11.4. The summed E-state index contributed by atoms with van der Waals surface area (Å²) in [7, 11) is -3.84. The largest absolute Gasteiger partial charge is 0.305 e. The van der Waals surface area contributed by atoms with Gasteiger partial charge in [-0.05, 0) is 68.1 Å². The Kier molecular flexibility index (Phi) is 5.12. The highest BCUT2D eigenvalue weighted by molar-refractivity contribution is 7.92. The number of hydrogen-bond acceptors (Lipinski definition) is 3. The van der Waals surface area contributed by atoms with Gasteiger partial charge in [0.2, 0.25) is 0 Å². The number of rotatable bonds is 4. The topological polar surface area (TPSA) is 66.5 Å². The molecule has 0 saturated heterocycles. The average Bonchev–Trinajstić information content (AvgIpc) is 3.05. The number of fused-ring (bicyclic) bond motifs is 1. The number of aryl methyl sites for hydroxylation is 2. The molecule has 154 valence electrons. The van der Waals surface area contributed by atoms with Crippen molar-refractivity contribution in [3.63, 3.8) is 0 Å². The molecule has 0 spiro atoms. The molecule has 6 heteroatoms. The van der Waals surface area contributed by atoms with Gasteiger partial charge in [-0.25, -0.2) is 8.42 Å². The maximum Gasteiger partial charge on any atom is 0.262 e. The summed E-state index contributed by atoms with van der Waals surface area (Å²) in [5, 5.41) is 0. The molecular weight excluding hydrogens is 396 g/mol. The van der Waals surface area contributed by atoms with Crippen LogP contribution < -0.4 is 9.62 Å². The summed E-state index contributed by atoms with van der Waals surface area (Å²) in [6.07, 6.45) is 0.785. The Balaban J connectivity index is 1.70. The molecule has 1 aliphatic heterocycles. The number of nitrogens with zero attached hydrogens (tertiary/aromatic N) is 1. The van der Waals surface area contributed by atoms with Crippen LogP contribution in [0.25, 0.3) is 0 Å². The van der Waals surface area contributed by atoms with Gasteiger partial charge in [0.1, 0.15) is 0 Å². The Morgan fingerprint density at radius 2 is 1.67 bits per heavy atom. The second-order valence-corrected chi connectivity index (χ2v) is 9.41. The zero-order chi connectivity index (χ0) is 21.5. The summed E-state index contributed by atoms with van der Waals surface area (Å²) in [5.74, 6) is -0.195. The summed E-state index contributed by atoms with van der Waals surface area (Å²) >= 11 is 0. The third-order valence-corrected chi connectivity index (χ3v) is 7.05. The van der Waals surface area contributed by atoms with Crippen LogP contribution in [-0.2, 0) is 16.4 Å². The fourth-order valence-corrected chi connectivity index (χ4v) is 5.33. The lowest BCUT2D eigenvalue weighted by Gasteiger charge is -2.23. The first kappa shape index (κ1) is 20.2. The summed E-state index contributed by atoms with van der Waals surface area (Å²) in [6, 6.07) is 19.9. The van der Waals surface area contributed by atoms with E-state index in [-0.39, 0.29) is 16.8 Å². The van der Waals surface area contributed by atoms with Crippen molar-refractivity contribution in [3.8, 4) is 0 Å². The van der Waals surface area contributed by atoms with Gasteiger partial charge in [-0.15, -0.1) is 0 Å². The molecule has 0 aromatic heterocycles. The lowest BCUT2D eigenvalue weighted by Crippen LogP contribution is -2.35. The van der Waals surface area contributed by atoms with Crippen molar-refractivity contribution in [2.75, 3.05) is 9.62 Å². The third-order valence-electron chi connectivity index (χ3n) is 5.54. The quantitative estimate of drug-likeness (QED) is 0.666. The second-order valence-electron chi connectivity index (χ2n) is 7.76. The molecule has 0 aliphatic carbocycles. The van der Waals surface area contributed by atoms with Crippen LogP contribution in [0.3, 0.4) is 0 Å². The van der Waals surface area contributed by atoms with E-state index in [1.807, 2.05) is 50.2 Å². The van der Waals surface area contributed by atoms with E-state index in [4.69, 9.17) is 0 Å². The number of nitrogens with one attached hydrogen (secondary N) is 1. The van der Waals surface area contributed by atoms with Crippen molar-refractivity contribution < 1.29 is 13.2 Å². The maximum atomic E-state index is 13.3. The van der Waals surface area contributed by atoms with Crippen molar-refractivity contribution in [1.29, 1.82) is 0 Å². The SMILES string of the molecule is Cc1ccccc1NS(=O)(=O)c1cc(C(=O)N2c3ccccc3C[C@@H]2C)ccc1C. The normalized spacial score (nSPS) is 15.7. The monoisotopic (exact) mass is 420 g/mol. The number of hydrogen-bond donors (Lipinski definition) is 1. The lowest BCUT2D eigenvalue weighted by molar-refractivity contribution is 0.0981. The molecule has 0 radical (unpaired) electrons. The van der Waals surface area contributed by atoms with Crippen molar-refractivity contribution in [1.82, 2.24) is 0 Å². The molecule has 5 nitrogen and oxygen atoms in total. The second kappa shape index (κ2) is 7.61. The van der Waals surface area contributed by atoms with Gasteiger partial charge < -0.3 is 4.90 Å². The lowest BCUT2D eigenvalue weighted by atomic mass is 10.1. The highest BCUT2D eigenvalue weighted by Crippen LogP contribution is 2.33. The molecule has 30 heavy (non-hydrogen) atoms. The molecule has 0 unspecified atom stereocenters. The molecule has 1 atom stereocenters.